The van der Waals surface area contributed by atoms with Crippen molar-refractivity contribution in [1.82, 2.24) is 0 Å². The van der Waals surface area contributed by atoms with E-state index < -0.39 is 11.8 Å². The van der Waals surface area contributed by atoms with Crippen molar-refractivity contribution in [2.75, 3.05) is 17.3 Å². The first-order valence-electron chi connectivity index (χ1n) is 9.77. The first-order valence-corrected chi connectivity index (χ1v) is 10.1. The lowest BCUT2D eigenvalue weighted by atomic mass is 10.0. The van der Waals surface area contributed by atoms with E-state index in [0.717, 1.165) is 11.1 Å². The zero-order valence-electron chi connectivity index (χ0n) is 17.4. The summed E-state index contributed by atoms with van der Waals surface area (Å²) in [7, 11) is 1.53. The van der Waals surface area contributed by atoms with E-state index in [4.69, 9.17) is 16.3 Å². The predicted octanol–water partition coefficient (Wildman–Crippen LogP) is 5.36. The quantitative estimate of drug-likeness (QED) is 0.551. The minimum Gasteiger partial charge on any atom is -0.496 e. The van der Waals surface area contributed by atoms with Crippen LogP contribution < -0.4 is 15.0 Å². The largest absolute Gasteiger partial charge is 0.496 e. The summed E-state index contributed by atoms with van der Waals surface area (Å²) in [6.45, 7) is 3.81. The Bertz CT molecular complexity index is 1230. The maximum Gasteiger partial charge on any atom is 0.282 e. The van der Waals surface area contributed by atoms with Gasteiger partial charge in [-0.15, -0.1) is 0 Å². The summed E-state index contributed by atoms with van der Waals surface area (Å²) in [5, 5.41) is 3.70. The van der Waals surface area contributed by atoms with E-state index in [1.54, 1.807) is 36.4 Å². The smallest absolute Gasteiger partial charge is 0.282 e. The van der Waals surface area contributed by atoms with Gasteiger partial charge in [0.1, 0.15) is 11.4 Å². The Morgan fingerprint density at radius 2 is 1.68 bits per heavy atom. The molecule has 4 rings (SSSR count). The normalized spacial score (nSPS) is 13.7. The average molecular weight is 433 g/mol. The molecule has 0 atom stereocenters. The molecule has 6 heteroatoms. The van der Waals surface area contributed by atoms with E-state index >= 15 is 0 Å². The molecule has 0 saturated carbocycles. The molecule has 1 N–H and O–H groups in total. The highest BCUT2D eigenvalue weighted by Crippen LogP contribution is 2.37. The Hall–Kier alpha value is -3.57. The van der Waals surface area contributed by atoms with Gasteiger partial charge in [-0.05, 0) is 55.3 Å². The molecule has 0 unspecified atom stereocenters. The van der Waals surface area contributed by atoms with Crippen LogP contribution in [0.15, 0.2) is 72.4 Å². The van der Waals surface area contributed by atoms with Gasteiger partial charge in [0.25, 0.3) is 11.8 Å². The third-order valence-corrected chi connectivity index (χ3v) is 5.57. The molecule has 31 heavy (non-hydrogen) atoms. The number of nitrogens with one attached hydrogen (secondary N) is 1. The third-order valence-electron chi connectivity index (χ3n) is 5.16. The second kappa shape index (κ2) is 8.28. The van der Waals surface area contributed by atoms with Crippen molar-refractivity contribution < 1.29 is 14.3 Å². The van der Waals surface area contributed by atoms with Crippen LogP contribution in [-0.4, -0.2) is 18.9 Å². The maximum absolute atomic E-state index is 13.5. The number of ether oxygens (including phenoxy) is 1. The molecule has 2 amide bonds. The lowest BCUT2D eigenvalue weighted by molar-refractivity contribution is -0.120. The number of para-hydroxylation sites is 1. The number of benzene rings is 3. The van der Waals surface area contributed by atoms with Gasteiger partial charge in [-0.3, -0.25) is 9.59 Å². The molecular formula is C25H21ClN2O3. The van der Waals surface area contributed by atoms with E-state index in [2.05, 4.69) is 5.32 Å². The van der Waals surface area contributed by atoms with Crippen LogP contribution in [0.3, 0.4) is 0 Å². The number of anilines is 2. The van der Waals surface area contributed by atoms with Crippen molar-refractivity contribution in [3.05, 3.63) is 94.1 Å². The van der Waals surface area contributed by atoms with Crippen molar-refractivity contribution in [2.45, 2.75) is 13.8 Å². The third kappa shape index (κ3) is 3.80. The summed E-state index contributed by atoms with van der Waals surface area (Å²) >= 11 is 6.27. The SMILES string of the molecule is COc1ccccc1C1=C(Nc2ccc(C)c(Cl)c2)C(=O)N(c2cccc(C)c2)C1=O. The number of carbonyl (C=O) groups excluding carboxylic acids is 2. The van der Waals surface area contributed by atoms with E-state index in [9.17, 15) is 9.59 Å². The van der Waals surface area contributed by atoms with Gasteiger partial charge < -0.3 is 10.1 Å². The molecule has 156 valence electrons. The zero-order chi connectivity index (χ0) is 22.1. The number of halogens is 1. The Labute approximate surface area is 185 Å². The summed E-state index contributed by atoms with van der Waals surface area (Å²) in [5.74, 6) is -0.347. The molecule has 0 saturated heterocycles. The van der Waals surface area contributed by atoms with Crippen LogP contribution in [0.2, 0.25) is 5.02 Å². The number of hydrogen-bond donors (Lipinski definition) is 1. The second-order valence-electron chi connectivity index (χ2n) is 7.32. The fourth-order valence-corrected chi connectivity index (χ4v) is 3.74. The summed E-state index contributed by atoms with van der Waals surface area (Å²) in [5.41, 5.74) is 3.96. The Morgan fingerprint density at radius 3 is 2.39 bits per heavy atom. The highest BCUT2D eigenvalue weighted by molar-refractivity contribution is 6.46. The van der Waals surface area contributed by atoms with Gasteiger partial charge in [0.2, 0.25) is 0 Å². The predicted molar refractivity (Wildman–Crippen MR) is 123 cm³/mol. The molecule has 0 bridgehead atoms. The van der Waals surface area contributed by atoms with E-state index in [1.165, 1.54) is 12.0 Å². The van der Waals surface area contributed by atoms with Crippen molar-refractivity contribution in [3.63, 3.8) is 0 Å². The molecule has 0 aromatic heterocycles. The van der Waals surface area contributed by atoms with E-state index in [0.29, 0.717) is 27.7 Å². The van der Waals surface area contributed by atoms with Gasteiger partial charge in [-0.2, -0.15) is 0 Å². The van der Waals surface area contributed by atoms with Crippen molar-refractivity contribution in [1.29, 1.82) is 0 Å². The van der Waals surface area contributed by atoms with Gasteiger partial charge in [0.15, 0.2) is 0 Å². The number of rotatable bonds is 5. The van der Waals surface area contributed by atoms with Crippen molar-refractivity contribution in [2.24, 2.45) is 0 Å². The van der Waals surface area contributed by atoms with E-state index in [1.807, 2.05) is 44.2 Å². The lowest BCUT2D eigenvalue weighted by Gasteiger charge is -2.16. The first-order chi connectivity index (χ1) is 14.9. The van der Waals surface area contributed by atoms with Crippen LogP contribution in [0.25, 0.3) is 5.57 Å². The van der Waals surface area contributed by atoms with Crippen molar-refractivity contribution >= 4 is 40.4 Å². The molecule has 0 fully saturated rings. The van der Waals surface area contributed by atoms with E-state index in [-0.39, 0.29) is 11.3 Å². The molecule has 1 aliphatic rings. The Kier molecular flexibility index (Phi) is 5.53. The van der Waals surface area contributed by atoms with Crippen LogP contribution >= 0.6 is 11.6 Å². The van der Waals surface area contributed by atoms with Crippen LogP contribution in [0.5, 0.6) is 5.75 Å². The molecule has 3 aromatic rings. The molecule has 5 nitrogen and oxygen atoms in total. The Morgan fingerprint density at radius 1 is 0.903 bits per heavy atom. The van der Waals surface area contributed by atoms with Gasteiger partial charge >= 0.3 is 0 Å². The summed E-state index contributed by atoms with van der Waals surface area (Å²) < 4.78 is 5.47. The maximum atomic E-state index is 13.5. The van der Waals surface area contributed by atoms with Crippen LogP contribution in [0.4, 0.5) is 11.4 Å². The number of aryl methyl sites for hydroxylation is 2. The fourth-order valence-electron chi connectivity index (χ4n) is 3.56. The molecule has 0 radical (unpaired) electrons. The summed E-state index contributed by atoms with van der Waals surface area (Å²) in [4.78, 5) is 28.2. The number of nitrogens with zero attached hydrogens (tertiary/aromatic N) is 1. The number of hydrogen-bond acceptors (Lipinski definition) is 4. The molecule has 3 aromatic carbocycles. The molecular weight excluding hydrogens is 412 g/mol. The minimum absolute atomic E-state index is 0.177. The fraction of sp³-hybridized carbons (Fsp3) is 0.120. The Balaban J connectivity index is 1.87. The number of amides is 2. The number of methoxy groups -OCH3 is 1. The second-order valence-corrected chi connectivity index (χ2v) is 7.73. The number of carbonyl (C=O) groups is 2. The van der Waals surface area contributed by atoms with Gasteiger partial charge in [0, 0.05) is 16.3 Å². The topological polar surface area (TPSA) is 58.6 Å². The monoisotopic (exact) mass is 432 g/mol. The van der Waals surface area contributed by atoms with Crippen LogP contribution in [0, 0.1) is 13.8 Å². The molecule has 1 aliphatic heterocycles. The van der Waals surface area contributed by atoms with Crippen molar-refractivity contribution in [3.8, 4) is 5.75 Å². The first kappa shape index (κ1) is 20.7. The average Bonchev–Trinajstić information content (AvgIpc) is 3.00. The lowest BCUT2D eigenvalue weighted by Crippen LogP contribution is -2.32. The molecule has 0 spiro atoms. The molecule has 0 aliphatic carbocycles. The van der Waals surface area contributed by atoms with Gasteiger partial charge in [0.05, 0.1) is 18.4 Å². The highest BCUT2D eigenvalue weighted by Gasteiger charge is 2.41. The zero-order valence-corrected chi connectivity index (χ0v) is 18.2. The molecule has 1 heterocycles. The van der Waals surface area contributed by atoms with Crippen LogP contribution in [-0.2, 0) is 9.59 Å². The van der Waals surface area contributed by atoms with Gasteiger partial charge in [-0.1, -0.05) is 48.0 Å². The minimum atomic E-state index is -0.437. The summed E-state index contributed by atoms with van der Waals surface area (Å²) in [6, 6.07) is 19.8. The highest BCUT2D eigenvalue weighted by atomic mass is 35.5. The van der Waals surface area contributed by atoms with Crippen LogP contribution in [0.1, 0.15) is 16.7 Å². The standard InChI is InChI=1S/C25H21ClN2O3/c1-15-7-6-8-18(13-15)28-24(29)22(19-9-4-5-10-21(19)31-3)23(25(28)30)27-17-12-11-16(2)20(26)14-17/h4-14,27H,1-3H3. The summed E-state index contributed by atoms with van der Waals surface area (Å²) in [6.07, 6.45) is 0. The number of imide groups is 1. The van der Waals surface area contributed by atoms with Gasteiger partial charge in [-0.25, -0.2) is 4.90 Å².